The van der Waals surface area contributed by atoms with Crippen LogP contribution < -0.4 is 23.7 Å². The monoisotopic (exact) mass is 530 g/mol. The summed E-state index contributed by atoms with van der Waals surface area (Å²) < 4.78 is 42.8. The van der Waals surface area contributed by atoms with Gasteiger partial charge in [0.1, 0.15) is 17.9 Å². The highest BCUT2D eigenvalue weighted by Crippen LogP contribution is 2.52. The number of hydrogen-bond donors (Lipinski definition) is 1. The summed E-state index contributed by atoms with van der Waals surface area (Å²) in [6, 6.07) is 6.39. The van der Waals surface area contributed by atoms with Crippen LogP contribution in [0.4, 0.5) is 0 Å². The Balaban J connectivity index is 2.62. The van der Waals surface area contributed by atoms with E-state index in [-0.39, 0.29) is 52.4 Å². The largest absolute Gasteiger partial charge is 0.506 e. The number of phenols is 1. The molecule has 11 nitrogen and oxygen atoms in total. The van der Waals surface area contributed by atoms with Crippen LogP contribution in [0, 0.1) is 0 Å². The van der Waals surface area contributed by atoms with Crippen molar-refractivity contribution in [2.75, 3.05) is 63.0 Å². The molecule has 3 rings (SSSR count). The lowest BCUT2D eigenvalue weighted by molar-refractivity contribution is 0.0376. The summed E-state index contributed by atoms with van der Waals surface area (Å²) in [6.07, 6.45) is 0. The molecule has 0 aliphatic heterocycles. The first-order valence-corrected chi connectivity index (χ1v) is 11.3. The summed E-state index contributed by atoms with van der Waals surface area (Å²) in [7, 11) is 9.79. The molecule has 0 fully saturated rings. The van der Waals surface area contributed by atoms with Crippen LogP contribution in [0.1, 0.15) is 20.7 Å². The van der Waals surface area contributed by atoms with Gasteiger partial charge in [-0.3, -0.25) is 0 Å². The molecule has 0 saturated heterocycles. The van der Waals surface area contributed by atoms with E-state index in [2.05, 4.69) is 0 Å². The van der Waals surface area contributed by atoms with Crippen molar-refractivity contribution in [1.29, 1.82) is 0 Å². The third-order valence-electron chi connectivity index (χ3n) is 5.86. The fourth-order valence-electron chi connectivity index (χ4n) is 4.17. The number of rotatable bonds is 11. The van der Waals surface area contributed by atoms with E-state index in [1.165, 1.54) is 48.7 Å². The minimum Gasteiger partial charge on any atom is -0.506 e. The van der Waals surface area contributed by atoms with Crippen LogP contribution in [0.25, 0.3) is 21.9 Å². The van der Waals surface area contributed by atoms with E-state index >= 15 is 0 Å². The maximum Gasteiger partial charge on any atom is 0.342 e. The predicted molar refractivity (Wildman–Crippen MR) is 137 cm³/mol. The summed E-state index contributed by atoms with van der Waals surface area (Å²) >= 11 is 0. The van der Waals surface area contributed by atoms with E-state index in [1.807, 2.05) is 0 Å². The van der Waals surface area contributed by atoms with Crippen molar-refractivity contribution in [2.45, 2.75) is 0 Å². The maximum absolute atomic E-state index is 13.3. The van der Waals surface area contributed by atoms with Gasteiger partial charge < -0.3 is 43.0 Å². The lowest BCUT2D eigenvalue weighted by Gasteiger charge is -2.22. The van der Waals surface area contributed by atoms with Crippen LogP contribution in [0.2, 0.25) is 0 Å². The second-order valence-electron chi connectivity index (χ2n) is 7.73. The number of fused-ring (bicyclic) bond motifs is 1. The van der Waals surface area contributed by atoms with Crippen LogP contribution in [0.5, 0.6) is 34.5 Å². The highest BCUT2D eigenvalue weighted by Gasteiger charge is 2.34. The minimum atomic E-state index is -0.961. The zero-order valence-electron chi connectivity index (χ0n) is 22.3. The number of phenolic OH excluding ortho intramolecular Hbond substituents is 1. The van der Waals surface area contributed by atoms with E-state index < -0.39 is 23.3 Å². The number of hydrogen-bond acceptors (Lipinski definition) is 11. The van der Waals surface area contributed by atoms with Crippen molar-refractivity contribution in [1.82, 2.24) is 0 Å². The van der Waals surface area contributed by atoms with Crippen LogP contribution >= 0.6 is 0 Å². The van der Waals surface area contributed by atoms with Gasteiger partial charge >= 0.3 is 11.9 Å². The molecule has 0 heterocycles. The molecule has 1 N–H and O–H groups in total. The third kappa shape index (κ3) is 4.92. The maximum atomic E-state index is 13.3. The number of esters is 2. The first kappa shape index (κ1) is 28.2. The topological polar surface area (TPSA) is 128 Å². The lowest BCUT2D eigenvalue weighted by Crippen LogP contribution is -2.17. The van der Waals surface area contributed by atoms with Gasteiger partial charge in [0.25, 0.3) is 0 Å². The Morgan fingerprint density at radius 1 is 0.711 bits per heavy atom. The molecule has 0 aliphatic rings. The molecular formula is C27H30O11. The van der Waals surface area contributed by atoms with Crippen molar-refractivity contribution in [3.63, 3.8) is 0 Å². The number of carbonyl (C=O) groups excluding carboxylic acids is 2. The molecule has 0 aliphatic carbocycles. The van der Waals surface area contributed by atoms with Gasteiger partial charge in [0.15, 0.2) is 23.0 Å². The standard InChI is InChI=1S/C27H30O11/c1-31-10-11-38-27(30)22-21(26(29)37-7)19(14-8-9-16(32-2)17(12-14)33-3)20-15(23(22)28)13-18(34-4)24(35-5)25(20)36-6/h8-9,12-13,28H,10-11H2,1-7H3. The van der Waals surface area contributed by atoms with Gasteiger partial charge in [-0.25, -0.2) is 9.59 Å². The fourth-order valence-corrected chi connectivity index (χ4v) is 4.17. The Hall–Kier alpha value is -4.38. The van der Waals surface area contributed by atoms with Gasteiger partial charge in [-0.15, -0.1) is 0 Å². The molecule has 0 unspecified atom stereocenters. The molecule has 11 heteroatoms. The van der Waals surface area contributed by atoms with E-state index in [4.69, 9.17) is 37.9 Å². The van der Waals surface area contributed by atoms with Gasteiger partial charge in [-0.2, -0.15) is 0 Å². The first-order valence-electron chi connectivity index (χ1n) is 11.3. The minimum absolute atomic E-state index is 0.106. The number of benzene rings is 3. The smallest absolute Gasteiger partial charge is 0.342 e. The normalized spacial score (nSPS) is 10.6. The van der Waals surface area contributed by atoms with Crippen molar-refractivity contribution in [3.05, 3.63) is 35.4 Å². The van der Waals surface area contributed by atoms with Crippen LogP contribution in [0.15, 0.2) is 24.3 Å². The predicted octanol–water partition coefficient (Wildman–Crippen LogP) is 3.85. The molecule has 0 spiro atoms. The van der Waals surface area contributed by atoms with Crippen molar-refractivity contribution in [2.24, 2.45) is 0 Å². The first-order chi connectivity index (χ1) is 18.3. The Morgan fingerprint density at radius 2 is 1.37 bits per heavy atom. The highest BCUT2D eigenvalue weighted by atomic mass is 16.6. The summed E-state index contributed by atoms with van der Waals surface area (Å²) in [4.78, 5) is 26.6. The van der Waals surface area contributed by atoms with Gasteiger partial charge in [-0.05, 0) is 23.8 Å². The number of methoxy groups -OCH3 is 7. The Labute approximate surface area is 219 Å². The second-order valence-corrected chi connectivity index (χ2v) is 7.73. The third-order valence-corrected chi connectivity index (χ3v) is 5.86. The van der Waals surface area contributed by atoms with Gasteiger partial charge in [0.05, 0.1) is 54.8 Å². The summed E-state index contributed by atoms with van der Waals surface area (Å²) in [5.41, 5.74) is -0.0382. The van der Waals surface area contributed by atoms with Gasteiger partial charge in [0.2, 0.25) is 5.75 Å². The molecule has 0 amide bonds. The molecule has 0 aromatic heterocycles. The highest BCUT2D eigenvalue weighted by molar-refractivity contribution is 6.20. The van der Waals surface area contributed by atoms with Gasteiger partial charge in [-0.1, -0.05) is 6.07 Å². The number of carbonyl (C=O) groups is 2. The van der Waals surface area contributed by atoms with Crippen LogP contribution in [-0.2, 0) is 14.2 Å². The Bertz CT molecular complexity index is 1350. The quantitative estimate of drug-likeness (QED) is 0.287. The van der Waals surface area contributed by atoms with E-state index in [0.717, 1.165) is 7.11 Å². The van der Waals surface area contributed by atoms with E-state index in [1.54, 1.807) is 18.2 Å². The summed E-state index contributed by atoms with van der Waals surface area (Å²) in [6.45, 7) is -0.0105. The molecule has 0 saturated carbocycles. The molecule has 38 heavy (non-hydrogen) atoms. The van der Waals surface area contributed by atoms with E-state index in [0.29, 0.717) is 17.1 Å². The zero-order valence-corrected chi connectivity index (χ0v) is 22.3. The van der Waals surface area contributed by atoms with E-state index in [9.17, 15) is 14.7 Å². The zero-order chi connectivity index (χ0) is 28.0. The Kier molecular flexibility index (Phi) is 9.08. The number of ether oxygens (including phenoxy) is 8. The van der Waals surface area contributed by atoms with Crippen LogP contribution in [-0.4, -0.2) is 80.0 Å². The second kappa shape index (κ2) is 12.2. The summed E-state index contributed by atoms with van der Waals surface area (Å²) in [5.74, 6) is -1.04. The average Bonchev–Trinajstić information content (AvgIpc) is 2.94. The van der Waals surface area contributed by atoms with Crippen molar-refractivity contribution >= 4 is 22.7 Å². The van der Waals surface area contributed by atoms with Crippen molar-refractivity contribution in [3.8, 4) is 45.6 Å². The summed E-state index contributed by atoms with van der Waals surface area (Å²) in [5, 5.41) is 11.8. The molecule has 0 bridgehead atoms. The SMILES string of the molecule is COCCOC(=O)c1c(C(=O)OC)c(-c2ccc(OC)c(OC)c2)c2c(OC)c(OC)c(OC)cc2c1O. The average molecular weight is 531 g/mol. The molecule has 3 aromatic carbocycles. The molecular weight excluding hydrogens is 500 g/mol. The van der Waals surface area contributed by atoms with Crippen molar-refractivity contribution < 1.29 is 52.6 Å². The molecule has 3 aromatic rings. The van der Waals surface area contributed by atoms with Gasteiger partial charge in [0, 0.05) is 23.4 Å². The lowest BCUT2D eigenvalue weighted by atomic mass is 9.87. The Morgan fingerprint density at radius 3 is 1.92 bits per heavy atom. The number of aromatic hydroxyl groups is 1. The fraction of sp³-hybridized carbons (Fsp3) is 0.333. The molecule has 0 atom stereocenters. The molecule has 0 radical (unpaired) electrons. The van der Waals surface area contributed by atoms with Crippen LogP contribution in [0.3, 0.4) is 0 Å². The molecule has 204 valence electrons.